The van der Waals surface area contributed by atoms with E-state index in [0.29, 0.717) is 30.8 Å². The number of benzene rings is 2. The van der Waals surface area contributed by atoms with Gasteiger partial charge in [0.15, 0.2) is 0 Å². The molecule has 1 atom stereocenters. The second kappa shape index (κ2) is 8.37. The summed E-state index contributed by atoms with van der Waals surface area (Å²) in [5, 5.41) is 9.42. The van der Waals surface area contributed by atoms with E-state index < -0.39 is 5.97 Å². The molecule has 0 bridgehead atoms. The number of rotatable bonds is 6. The van der Waals surface area contributed by atoms with Gasteiger partial charge in [-0.3, -0.25) is 9.59 Å². The van der Waals surface area contributed by atoms with Gasteiger partial charge in [-0.15, -0.1) is 0 Å². The lowest BCUT2D eigenvalue weighted by Crippen LogP contribution is -2.38. The molecule has 1 N–H and O–H groups in total. The summed E-state index contributed by atoms with van der Waals surface area (Å²) < 4.78 is 0. The van der Waals surface area contributed by atoms with Gasteiger partial charge < -0.3 is 10.0 Å². The number of carboxylic acids is 1. The number of carbonyl (C=O) groups is 2. The lowest BCUT2D eigenvalue weighted by Gasteiger charge is -2.37. The fourth-order valence-corrected chi connectivity index (χ4v) is 3.68. The van der Waals surface area contributed by atoms with Crippen molar-refractivity contribution in [3.8, 4) is 0 Å². The third kappa shape index (κ3) is 4.44. The smallest absolute Gasteiger partial charge is 0.303 e. The average Bonchev–Trinajstić information content (AvgIpc) is 2.64. The van der Waals surface area contributed by atoms with Crippen molar-refractivity contribution in [1.82, 2.24) is 4.90 Å². The van der Waals surface area contributed by atoms with Gasteiger partial charge in [-0.1, -0.05) is 48.0 Å². The maximum atomic E-state index is 12.9. The van der Waals surface area contributed by atoms with Crippen LogP contribution < -0.4 is 0 Å². The molecule has 2 aromatic carbocycles. The molecule has 136 valence electrons. The van der Waals surface area contributed by atoms with Crippen LogP contribution in [0.25, 0.3) is 0 Å². The summed E-state index contributed by atoms with van der Waals surface area (Å²) in [4.78, 5) is 25.4. The first-order valence-corrected chi connectivity index (χ1v) is 9.26. The van der Waals surface area contributed by atoms with Crippen LogP contribution in [-0.2, 0) is 22.6 Å². The Morgan fingerprint density at radius 3 is 2.50 bits per heavy atom. The first kappa shape index (κ1) is 18.5. The highest BCUT2D eigenvalue weighted by Crippen LogP contribution is 2.35. The number of carbonyl (C=O) groups excluding carboxylic acids is 1. The van der Waals surface area contributed by atoms with Crippen LogP contribution in [0.3, 0.4) is 0 Å². The molecule has 1 amide bonds. The van der Waals surface area contributed by atoms with Gasteiger partial charge in [0.2, 0.25) is 5.91 Å². The van der Waals surface area contributed by atoms with Gasteiger partial charge in [0.25, 0.3) is 0 Å². The first-order chi connectivity index (χ1) is 12.5. The Kier molecular flexibility index (Phi) is 5.94. The van der Waals surface area contributed by atoms with Crippen molar-refractivity contribution < 1.29 is 14.7 Å². The molecule has 0 fully saturated rings. The van der Waals surface area contributed by atoms with Crippen molar-refractivity contribution in [1.29, 1.82) is 0 Å². The van der Waals surface area contributed by atoms with Crippen molar-refractivity contribution >= 4 is 23.5 Å². The van der Waals surface area contributed by atoms with Crippen LogP contribution in [-0.4, -0.2) is 21.9 Å². The highest BCUT2D eigenvalue weighted by molar-refractivity contribution is 6.30. The van der Waals surface area contributed by atoms with E-state index in [4.69, 9.17) is 16.7 Å². The molecular weight excluding hydrogens is 350 g/mol. The lowest BCUT2D eigenvalue weighted by molar-refractivity contribution is -0.138. The Morgan fingerprint density at radius 2 is 1.77 bits per heavy atom. The second-order valence-corrected chi connectivity index (χ2v) is 7.10. The molecule has 5 heteroatoms. The Morgan fingerprint density at radius 1 is 1.04 bits per heavy atom. The Hall–Kier alpha value is -2.33. The van der Waals surface area contributed by atoms with E-state index in [9.17, 15) is 9.59 Å². The minimum atomic E-state index is -0.818. The monoisotopic (exact) mass is 371 g/mol. The van der Waals surface area contributed by atoms with Crippen LogP contribution in [0.15, 0.2) is 48.5 Å². The molecule has 3 rings (SSSR count). The molecule has 1 aliphatic heterocycles. The molecule has 0 aliphatic carbocycles. The van der Waals surface area contributed by atoms with Crippen LogP contribution in [0.1, 0.15) is 48.4 Å². The van der Waals surface area contributed by atoms with Gasteiger partial charge in [-0.2, -0.15) is 0 Å². The van der Waals surface area contributed by atoms with Gasteiger partial charge in [-0.05, 0) is 48.1 Å². The van der Waals surface area contributed by atoms with Crippen LogP contribution in [0, 0.1) is 0 Å². The molecule has 1 heterocycles. The summed E-state index contributed by atoms with van der Waals surface area (Å²) in [6.45, 7) is 0.535. The van der Waals surface area contributed by atoms with Crippen LogP contribution in [0.2, 0.25) is 5.02 Å². The van der Waals surface area contributed by atoms with E-state index in [-0.39, 0.29) is 18.4 Å². The third-order valence-corrected chi connectivity index (χ3v) is 5.07. The fourth-order valence-electron chi connectivity index (χ4n) is 3.48. The fraction of sp³-hybridized carbons (Fsp3) is 0.333. The minimum absolute atomic E-state index is 0.00292. The second-order valence-electron chi connectivity index (χ2n) is 6.67. The maximum Gasteiger partial charge on any atom is 0.303 e. The van der Waals surface area contributed by atoms with Gasteiger partial charge in [0.05, 0.1) is 6.04 Å². The number of fused-ring (bicyclic) bond motifs is 1. The molecule has 26 heavy (non-hydrogen) atoms. The third-order valence-electron chi connectivity index (χ3n) is 4.83. The SMILES string of the molecule is O=C(O)CCCCC(=O)N1Cc2cc(Cl)ccc2CC1c1ccccc1. The number of hydrogen-bond acceptors (Lipinski definition) is 2. The summed E-state index contributed by atoms with van der Waals surface area (Å²) in [7, 11) is 0. The molecular formula is C21H22ClNO3. The molecule has 0 aromatic heterocycles. The van der Waals surface area contributed by atoms with Crippen molar-refractivity contribution in [2.24, 2.45) is 0 Å². The number of halogens is 1. The van der Waals surface area contributed by atoms with E-state index in [0.717, 1.165) is 17.5 Å². The molecule has 0 saturated heterocycles. The van der Waals surface area contributed by atoms with Crippen molar-refractivity contribution in [2.45, 2.75) is 44.7 Å². The van der Waals surface area contributed by atoms with Crippen LogP contribution in [0.5, 0.6) is 0 Å². The van der Waals surface area contributed by atoms with Gasteiger partial charge in [0.1, 0.15) is 0 Å². The minimum Gasteiger partial charge on any atom is -0.481 e. The zero-order chi connectivity index (χ0) is 18.5. The number of amides is 1. The highest BCUT2D eigenvalue weighted by Gasteiger charge is 2.30. The van der Waals surface area contributed by atoms with Crippen molar-refractivity contribution in [3.63, 3.8) is 0 Å². The molecule has 0 saturated carbocycles. The quantitative estimate of drug-likeness (QED) is 0.754. The van der Waals surface area contributed by atoms with E-state index in [2.05, 4.69) is 12.1 Å². The zero-order valence-electron chi connectivity index (χ0n) is 14.5. The number of unbranched alkanes of at least 4 members (excludes halogenated alkanes) is 1. The molecule has 2 aromatic rings. The topological polar surface area (TPSA) is 57.6 Å². The van der Waals surface area contributed by atoms with Crippen molar-refractivity contribution in [3.05, 3.63) is 70.2 Å². The molecule has 4 nitrogen and oxygen atoms in total. The molecule has 0 radical (unpaired) electrons. The summed E-state index contributed by atoms with van der Waals surface area (Å²) in [6, 6.07) is 15.9. The average molecular weight is 372 g/mol. The molecule has 0 spiro atoms. The van der Waals surface area contributed by atoms with Gasteiger partial charge in [0, 0.05) is 24.4 Å². The molecule has 1 aliphatic rings. The van der Waals surface area contributed by atoms with Gasteiger partial charge >= 0.3 is 5.97 Å². The van der Waals surface area contributed by atoms with E-state index in [1.807, 2.05) is 41.3 Å². The number of aliphatic carboxylic acids is 1. The molecule has 1 unspecified atom stereocenters. The van der Waals surface area contributed by atoms with E-state index >= 15 is 0 Å². The van der Waals surface area contributed by atoms with E-state index in [1.165, 1.54) is 5.56 Å². The van der Waals surface area contributed by atoms with Gasteiger partial charge in [-0.25, -0.2) is 0 Å². The Bertz CT molecular complexity index is 791. The van der Waals surface area contributed by atoms with Crippen LogP contribution >= 0.6 is 11.6 Å². The normalized spacial score (nSPS) is 16.2. The summed E-state index contributed by atoms with van der Waals surface area (Å²) in [5.41, 5.74) is 3.42. The lowest BCUT2D eigenvalue weighted by atomic mass is 9.89. The van der Waals surface area contributed by atoms with Crippen LogP contribution in [0.4, 0.5) is 0 Å². The zero-order valence-corrected chi connectivity index (χ0v) is 15.3. The predicted octanol–water partition coefficient (Wildman–Crippen LogP) is 4.61. The first-order valence-electron chi connectivity index (χ1n) is 8.88. The predicted molar refractivity (Wildman–Crippen MR) is 101 cm³/mol. The van der Waals surface area contributed by atoms with E-state index in [1.54, 1.807) is 0 Å². The largest absolute Gasteiger partial charge is 0.481 e. The summed E-state index contributed by atoms with van der Waals surface area (Å²) in [5.74, 6) is -0.754. The van der Waals surface area contributed by atoms with Crippen molar-refractivity contribution in [2.75, 3.05) is 0 Å². The Labute approximate surface area is 158 Å². The Balaban J connectivity index is 1.79. The maximum absolute atomic E-state index is 12.9. The number of nitrogens with zero attached hydrogens (tertiary/aromatic N) is 1. The highest BCUT2D eigenvalue weighted by atomic mass is 35.5. The standard InChI is InChI=1S/C21H22ClNO3/c22-18-11-10-16-13-19(15-6-2-1-3-7-15)23(14-17(16)12-18)20(24)8-4-5-9-21(25)26/h1-3,6-7,10-12,19H,4-5,8-9,13-14H2,(H,25,26). The number of carboxylic acid groups (broad SMARTS) is 1. The number of hydrogen-bond donors (Lipinski definition) is 1. The summed E-state index contributed by atoms with van der Waals surface area (Å²) >= 11 is 6.13. The summed E-state index contributed by atoms with van der Waals surface area (Å²) in [6.07, 6.45) is 2.34.